The summed E-state index contributed by atoms with van der Waals surface area (Å²) < 4.78 is 10.6. The van der Waals surface area contributed by atoms with Gasteiger partial charge in [0.2, 0.25) is 12.7 Å². The second-order valence-electron chi connectivity index (χ2n) is 6.84. The summed E-state index contributed by atoms with van der Waals surface area (Å²) in [7, 11) is 1.65. The van der Waals surface area contributed by atoms with Crippen molar-refractivity contribution in [2.24, 2.45) is 0 Å². The number of imide groups is 1. The van der Waals surface area contributed by atoms with E-state index >= 15 is 0 Å². The number of carbonyl (C=O) groups excluding carboxylic acids is 3. The van der Waals surface area contributed by atoms with E-state index in [0.29, 0.717) is 23.6 Å². The lowest BCUT2D eigenvalue weighted by Gasteiger charge is -2.23. The minimum absolute atomic E-state index is 0.118. The number of amides is 4. The highest BCUT2D eigenvalue weighted by molar-refractivity contribution is 7.09. The van der Waals surface area contributed by atoms with Gasteiger partial charge in [0, 0.05) is 11.9 Å². The number of nitrogens with zero attached hydrogens (tertiary/aromatic N) is 2. The zero-order valence-corrected chi connectivity index (χ0v) is 16.2. The van der Waals surface area contributed by atoms with Crippen LogP contribution in [0.1, 0.15) is 17.4 Å². The van der Waals surface area contributed by atoms with Crippen LogP contribution in [-0.2, 0) is 21.7 Å². The van der Waals surface area contributed by atoms with Gasteiger partial charge in [-0.2, -0.15) is 0 Å². The summed E-state index contributed by atoms with van der Waals surface area (Å²) in [5, 5.41) is 4.63. The first kappa shape index (κ1) is 18.3. The summed E-state index contributed by atoms with van der Waals surface area (Å²) in [4.78, 5) is 41.5. The second-order valence-corrected chi connectivity index (χ2v) is 7.88. The van der Waals surface area contributed by atoms with Crippen LogP contribution >= 0.6 is 11.3 Å². The van der Waals surface area contributed by atoms with E-state index in [2.05, 4.69) is 5.32 Å². The molecule has 3 heterocycles. The molecule has 8 nitrogen and oxygen atoms in total. The Bertz CT molecular complexity index is 945. The molecule has 1 saturated heterocycles. The van der Waals surface area contributed by atoms with Gasteiger partial charge in [-0.25, -0.2) is 4.79 Å². The molecule has 1 unspecified atom stereocenters. The van der Waals surface area contributed by atoms with E-state index in [4.69, 9.17) is 9.47 Å². The lowest BCUT2D eigenvalue weighted by Crippen LogP contribution is -2.43. The number of likely N-dealkylation sites (N-methyl/N-ethyl adjacent to an activating group) is 1. The number of hydrogen-bond acceptors (Lipinski definition) is 6. The van der Waals surface area contributed by atoms with Crippen molar-refractivity contribution in [1.82, 2.24) is 15.1 Å². The molecule has 0 radical (unpaired) electrons. The van der Waals surface area contributed by atoms with Crippen molar-refractivity contribution in [1.29, 1.82) is 0 Å². The number of ether oxygens (including phenoxy) is 2. The average Bonchev–Trinajstić information content (AvgIpc) is 3.39. The SMILES string of the molecule is CN(Cc1cccs1)C(=O)CN1C(=O)NC(C)(c2ccc3c(c2)OCO3)C1=O. The summed E-state index contributed by atoms with van der Waals surface area (Å²) in [5.74, 6) is 0.318. The summed E-state index contributed by atoms with van der Waals surface area (Å²) in [5.41, 5.74) is -0.706. The smallest absolute Gasteiger partial charge is 0.325 e. The molecular weight excluding hydrogens is 382 g/mol. The number of thiophene rings is 1. The Hall–Kier alpha value is -3.07. The molecular formula is C19H19N3O5S. The molecule has 28 heavy (non-hydrogen) atoms. The lowest BCUT2D eigenvalue weighted by atomic mass is 9.91. The Morgan fingerprint density at radius 2 is 2.07 bits per heavy atom. The highest BCUT2D eigenvalue weighted by atomic mass is 32.1. The van der Waals surface area contributed by atoms with E-state index in [1.165, 1.54) is 4.90 Å². The van der Waals surface area contributed by atoms with Crippen molar-refractivity contribution < 1.29 is 23.9 Å². The zero-order valence-electron chi connectivity index (χ0n) is 15.4. The predicted molar refractivity (Wildman–Crippen MR) is 101 cm³/mol. The van der Waals surface area contributed by atoms with E-state index in [9.17, 15) is 14.4 Å². The van der Waals surface area contributed by atoms with Crippen molar-refractivity contribution in [2.45, 2.75) is 19.0 Å². The van der Waals surface area contributed by atoms with Crippen molar-refractivity contribution in [2.75, 3.05) is 20.4 Å². The van der Waals surface area contributed by atoms with Crippen LogP contribution < -0.4 is 14.8 Å². The van der Waals surface area contributed by atoms with Gasteiger partial charge in [0.15, 0.2) is 11.5 Å². The van der Waals surface area contributed by atoms with Crippen molar-refractivity contribution in [3.8, 4) is 11.5 Å². The molecule has 1 fully saturated rings. The van der Waals surface area contributed by atoms with Gasteiger partial charge in [-0.15, -0.1) is 11.3 Å². The van der Waals surface area contributed by atoms with Gasteiger partial charge in [-0.3, -0.25) is 14.5 Å². The van der Waals surface area contributed by atoms with Crippen LogP contribution in [0.2, 0.25) is 0 Å². The minimum Gasteiger partial charge on any atom is -0.454 e. The summed E-state index contributed by atoms with van der Waals surface area (Å²) in [6.07, 6.45) is 0. The Kier molecular flexibility index (Phi) is 4.46. The van der Waals surface area contributed by atoms with E-state index < -0.39 is 17.5 Å². The molecule has 4 rings (SSSR count). The average molecular weight is 401 g/mol. The van der Waals surface area contributed by atoms with Gasteiger partial charge < -0.3 is 19.7 Å². The van der Waals surface area contributed by atoms with Crippen molar-refractivity contribution in [3.05, 3.63) is 46.2 Å². The molecule has 4 amide bonds. The molecule has 146 valence electrons. The lowest BCUT2D eigenvalue weighted by molar-refractivity contribution is -0.138. The Labute approximate surface area is 165 Å². The van der Waals surface area contributed by atoms with E-state index in [1.54, 1.807) is 43.5 Å². The van der Waals surface area contributed by atoms with Crippen LogP contribution in [-0.4, -0.2) is 48.0 Å². The fourth-order valence-corrected chi connectivity index (χ4v) is 3.98. The van der Waals surface area contributed by atoms with Crippen LogP contribution in [0.4, 0.5) is 4.79 Å². The quantitative estimate of drug-likeness (QED) is 0.773. The standard InChI is InChI=1S/C19H19N3O5S/c1-19(12-5-6-14-15(8-12)27-11-26-14)17(24)22(18(25)20-19)10-16(23)21(2)9-13-4-3-7-28-13/h3-8H,9-11H2,1-2H3,(H,20,25). The van der Waals surface area contributed by atoms with Gasteiger partial charge in [-0.1, -0.05) is 12.1 Å². The molecule has 0 aliphatic carbocycles. The molecule has 2 aliphatic heterocycles. The Morgan fingerprint density at radius 3 is 2.82 bits per heavy atom. The van der Waals surface area contributed by atoms with Gasteiger partial charge in [0.05, 0.1) is 6.54 Å². The number of hydrogen-bond donors (Lipinski definition) is 1. The van der Waals surface area contributed by atoms with Crippen LogP contribution in [0.5, 0.6) is 11.5 Å². The first-order valence-corrected chi connectivity index (χ1v) is 9.57. The Balaban J connectivity index is 1.49. The summed E-state index contributed by atoms with van der Waals surface area (Å²) in [6, 6.07) is 8.33. The molecule has 1 aromatic heterocycles. The Morgan fingerprint density at radius 1 is 1.29 bits per heavy atom. The number of benzene rings is 1. The number of urea groups is 1. The van der Waals surface area contributed by atoms with Gasteiger partial charge >= 0.3 is 6.03 Å². The maximum absolute atomic E-state index is 13.0. The van der Waals surface area contributed by atoms with Crippen LogP contribution in [0.3, 0.4) is 0 Å². The highest BCUT2D eigenvalue weighted by Gasteiger charge is 2.50. The maximum Gasteiger partial charge on any atom is 0.325 e. The number of fused-ring (bicyclic) bond motifs is 1. The first-order chi connectivity index (χ1) is 13.4. The molecule has 2 aromatic rings. The topological polar surface area (TPSA) is 88.2 Å². The number of rotatable bonds is 5. The number of carbonyl (C=O) groups is 3. The van der Waals surface area contributed by atoms with Crippen LogP contribution in [0.15, 0.2) is 35.7 Å². The summed E-state index contributed by atoms with van der Waals surface area (Å²) in [6.45, 7) is 1.85. The minimum atomic E-state index is -1.27. The zero-order chi connectivity index (χ0) is 19.9. The third-order valence-corrected chi connectivity index (χ3v) is 5.78. The molecule has 0 bridgehead atoms. The maximum atomic E-state index is 13.0. The van der Waals surface area contributed by atoms with Gasteiger partial charge in [0.1, 0.15) is 12.1 Å². The van der Waals surface area contributed by atoms with Crippen LogP contribution in [0.25, 0.3) is 0 Å². The molecule has 1 atom stereocenters. The summed E-state index contributed by atoms with van der Waals surface area (Å²) >= 11 is 1.54. The molecule has 9 heteroatoms. The highest BCUT2D eigenvalue weighted by Crippen LogP contribution is 2.37. The van der Waals surface area contributed by atoms with Gasteiger partial charge in [0.25, 0.3) is 5.91 Å². The van der Waals surface area contributed by atoms with Crippen molar-refractivity contribution in [3.63, 3.8) is 0 Å². The second kappa shape index (κ2) is 6.83. The predicted octanol–water partition coefficient (Wildman–Crippen LogP) is 1.90. The first-order valence-electron chi connectivity index (χ1n) is 8.69. The van der Waals surface area contributed by atoms with Gasteiger partial charge in [-0.05, 0) is 36.1 Å². The monoisotopic (exact) mass is 401 g/mol. The molecule has 1 aromatic carbocycles. The largest absolute Gasteiger partial charge is 0.454 e. The third kappa shape index (κ3) is 3.07. The van der Waals surface area contributed by atoms with Crippen LogP contribution in [0, 0.1) is 0 Å². The van der Waals surface area contributed by atoms with E-state index in [1.807, 2.05) is 17.5 Å². The molecule has 0 spiro atoms. The third-order valence-electron chi connectivity index (χ3n) is 4.92. The van der Waals surface area contributed by atoms with E-state index in [-0.39, 0.29) is 19.2 Å². The number of nitrogens with one attached hydrogen (secondary N) is 1. The van der Waals surface area contributed by atoms with Crippen molar-refractivity contribution >= 4 is 29.2 Å². The fraction of sp³-hybridized carbons (Fsp3) is 0.316. The normalized spacial score (nSPS) is 20.4. The molecule has 2 aliphatic rings. The molecule has 1 N–H and O–H groups in total. The fourth-order valence-electron chi connectivity index (χ4n) is 3.22. The molecule has 0 saturated carbocycles. The van der Waals surface area contributed by atoms with E-state index in [0.717, 1.165) is 9.78 Å².